The van der Waals surface area contributed by atoms with Crippen molar-refractivity contribution in [3.63, 3.8) is 0 Å². The molecular weight excluding hydrogens is 392 g/mol. The second kappa shape index (κ2) is 14.9. The standard InChI is InChI=1S/C30H50O2/c1-3-4-5-6-7-12-26-15-17-27(18-16-26)24-32-30-21-19-29(20-22-30)31-23-10-14-28-13-9-8-11-25(28)2/h19-22,25-28H,3-18,23-24H2,1-2H3. The largest absolute Gasteiger partial charge is 0.494 e. The first-order valence-corrected chi connectivity index (χ1v) is 14.1. The smallest absolute Gasteiger partial charge is 0.119 e. The van der Waals surface area contributed by atoms with E-state index in [-0.39, 0.29) is 0 Å². The van der Waals surface area contributed by atoms with E-state index in [9.17, 15) is 0 Å². The lowest BCUT2D eigenvalue weighted by molar-refractivity contribution is 0.177. The third-order valence-electron chi connectivity index (χ3n) is 8.27. The average Bonchev–Trinajstić information content (AvgIpc) is 2.83. The molecule has 182 valence electrons. The molecule has 0 spiro atoms. The molecule has 2 aliphatic carbocycles. The molecule has 2 nitrogen and oxygen atoms in total. The summed E-state index contributed by atoms with van der Waals surface area (Å²) in [5.41, 5.74) is 0. The summed E-state index contributed by atoms with van der Waals surface area (Å²) in [6, 6.07) is 8.32. The van der Waals surface area contributed by atoms with Crippen LogP contribution in [-0.2, 0) is 0 Å². The molecule has 32 heavy (non-hydrogen) atoms. The summed E-state index contributed by atoms with van der Waals surface area (Å²) in [7, 11) is 0. The van der Waals surface area contributed by atoms with Gasteiger partial charge in [-0.2, -0.15) is 0 Å². The van der Waals surface area contributed by atoms with Gasteiger partial charge in [0.25, 0.3) is 0 Å². The van der Waals surface area contributed by atoms with Gasteiger partial charge in [-0.25, -0.2) is 0 Å². The molecule has 0 radical (unpaired) electrons. The molecule has 0 aliphatic heterocycles. The third-order valence-corrected chi connectivity index (χ3v) is 8.27. The van der Waals surface area contributed by atoms with E-state index in [0.29, 0.717) is 0 Å². The van der Waals surface area contributed by atoms with Crippen molar-refractivity contribution in [3.05, 3.63) is 24.3 Å². The van der Waals surface area contributed by atoms with Crippen molar-refractivity contribution < 1.29 is 9.47 Å². The van der Waals surface area contributed by atoms with Crippen molar-refractivity contribution in [2.75, 3.05) is 13.2 Å². The second-order valence-electron chi connectivity index (χ2n) is 10.9. The summed E-state index contributed by atoms with van der Waals surface area (Å²) in [6.45, 7) is 6.45. The molecular formula is C30H50O2. The lowest BCUT2D eigenvalue weighted by Crippen LogP contribution is -2.20. The Bertz CT molecular complexity index is 587. The zero-order valence-corrected chi connectivity index (χ0v) is 21.2. The number of benzene rings is 1. The van der Waals surface area contributed by atoms with Gasteiger partial charge in [0, 0.05) is 0 Å². The van der Waals surface area contributed by atoms with E-state index >= 15 is 0 Å². The van der Waals surface area contributed by atoms with Crippen LogP contribution in [0.25, 0.3) is 0 Å². The van der Waals surface area contributed by atoms with Crippen molar-refractivity contribution in [1.82, 2.24) is 0 Å². The van der Waals surface area contributed by atoms with E-state index in [2.05, 4.69) is 38.1 Å². The number of hydrogen-bond acceptors (Lipinski definition) is 2. The zero-order chi connectivity index (χ0) is 22.4. The second-order valence-corrected chi connectivity index (χ2v) is 10.9. The summed E-state index contributed by atoms with van der Waals surface area (Å²) in [5, 5.41) is 0. The van der Waals surface area contributed by atoms with Crippen LogP contribution < -0.4 is 9.47 Å². The molecule has 2 unspecified atom stereocenters. The molecule has 2 fully saturated rings. The fraction of sp³-hybridized carbons (Fsp3) is 0.800. The maximum absolute atomic E-state index is 6.12. The predicted molar refractivity (Wildman–Crippen MR) is 137 cm³/mol. The van der Waals surface area contributed by atoms with Crippen LogP contribution in [0.1, 0.15) is 117 Å². The van der Waals surface area contributed by atoms with Crippen molar-refractivity contribution in [2.45, 2.75) is 117 Å². The normalized spacial score (nSPS) is 26.1. The Morgan fingerprint density at radius 3 is 2.06 bits per heavy atom. The molecule has 0 saturated heterocycles. The Kier molecular flexibility index (Phi) is 11.8. The van der Waals surface area contributed by atoms with Crippen LogP contribution in [0, 0.1) is 23.7 Å². The molecule has 0 heterocycles. The van der Waals surface area contributed by atoms with E-state index in [4.69, 9.17) is 9.47 Å². The number of unbranched alkanes of at least 4 members (excludes halogenated alkanes) is 4. The molecule has 0 N–H and O–H groups in total. The highest BCUT2D eigenvalue weighted by molar-refractivity contribution is 5.31. The Labute approximate surface area is 198 Å². The van der Waals surface area contributed by atoms with Crippen LogP contribution in [0.4, 0.5) is 0 Å². The highest BCUT2D eigenvalue weighted by Gasteiger charge is 2.22. The van der Waals surface area contributed by atoms with E-state index in [0.717, 1.165) is 48.4 Å². The number of rotatable bonds is 14. The van der Waals surface area contributed by atoms with Gasteiger partial charge >= 0.3 is 0 Å². The van der Waals surface area contributed by atoms with Gasteiger partial charge < -0.3 is 9.47 Å². The van der Waals surface area contributed by atoms with Gasteiger partial charge in [0.1, 0.15) is 11.5 Å². The fourth-order valence-corrected chi connectivity index (χ4v) is 5.93. The van der Waals surface area contributed by atoms with Gasteiger partial charge in [-0.15, -0.1) is 0 Å². The fourth-order valence-electron chi connectivity index (χ4n) is 5.93. The minimum Gasteiger partial charge on any atom is -0.494 e. The highest BCUT2D eigenvalue weighted by atomic mass is 16.5. The molecule has 0 bridgehead atoms. The van der Waals surface area contributed by atoms with Crippen LogP contribution in [0.3, 0.4) is 0 Å². The third kappa shape index (κ3) is 9.36. The number of ether oxygens (including phenoxy) is 2. The zero-order valence-electron chi connectivity index (χ0n) is 21.2. The highest BCUT2D eigenvalue weighted by Crippen LogP contribution is 2.34. The van der Waals surface area contributed by atoms with Gasteiger partial charge in [-0.1, -0.05) is 90.9 Å². The van der Waals surface area contributed by atoms with E-state index in [1.165, 1.54) is 103 Å². The maximum atomic E-state index is 6.12. The van der Waals surface area contributed by atoms with Gasteiger partial charge in [0.2, 0.25) is 0 Å². The van der Waals surface area contributed by atoms with Crippen molar-refractivity contribution in [3.8, 4) is 11.5 Å². The van der Waals surface area contributed by atoms with Gasteiger partial charge in [0.05, 0.1) is 13.2 Å². The molecule has 0 aromatic heterocycles. The van der Waals surface area contributed by atoms with Crippen LogP contribution >= 0.6 is 0 Å². The topological polar surface area (TPSA) is 18.5 Å². The number of hydrogen-bond donors (Lipinski definition) is 0. The Balaban J connectivity index is 1.23. The van der Waals surface area contributed by atoms with Gasteiger partial charge in [0.15, 0.2) is 0 Å². The van der Waals surface area contributed by atoms with Crippen LogP contribution in [0.2, 0.25) is 0 Å². The molecule has 0 amide bonds. The first-order chi connectivity index (χ1) is 15.7. The predicted octanol–water partition coefficient (Wildman–Crippen LogP) is 9.22. The molecule has 3 rings (SSSR count). The first kappa shape index (κ1) is 25.4. The Hall–Kier alpha value is -1.18. The summed E-state index contributed by atoms with van der Waals surface area (Å²) in [5.74, 6) is 5.52. The van der Waals surface area contributed by atoms with Crippen LogP contribution in [-0.4, -0.2) is 13.2 Å². The lowest BCUT2D eigenvalue weighted by Gasteiger charge is -2.28. The molecule has 1 aromatic carbocycles. The molecule has 2 aliphatic rings. The van der Waals surface area contributed by atoms with E-state index < -0.39 is 0 Å². The van der Waals surface area contributed by atoms with Crippen molar-refractivity contribution in [2.24, 2.45) is 23.7 Å². The van der Waals surface area contributed by atoms with Crippen LogP contribution in [0.5, 0.6) is 11.5 Å². The minimum absolute atomic E-state index is 0.740. The molecule has 2 atom stereocenters. The maximum Gasteiger partial charge on any atom is 0.119 e. The molecule has 1 aromatic rings. The van der Waals surface area contributed by atoms with Gasteiger partial charge in [-0.3, -0.25) is 0 Å². The molecule has 2 saturated carbocycles. The summed E-state index contributed by atoms with van der Waals surface area (Å²) in [6.07, 6.45) is 22.3. The molecule has 2 heteroatoms. The monoisotopic (exact) mass is 442 g/mol. The average molecular weight is 443 g/mol. The summed E-state index contributed by atoms with van der Waals surface area (Å²) in [4.78, 5) is 0. The SMILES string of the molecule is CCCCCCCC1CCC(COc2ccc(OCCCC3CCCCC3C)cc2)CC1. The Morgan fingerprint density at radius 1 is 0.688 bits per heavy atom. The van der Waals surface area contributed by atoms with Gasteiger partial charge in [-0.05, 0) is 73.6 Å². The first-order valence-electron chi connectivity index (χ1n) is 14.1. The van der Waals surface area contributed by atoms with E-state index in [1.807, 2.05) is 0 Å². The lowest BCUT2D eigenvalue weighted by atomic mass is 9.78. The minimum atomic E-state index is 0.740. The Morgan fingerprint density at radius 2 is 1.34 bits per heavy atom. The summed E-state index contributed by atoms with van der Waals surface area (Å²) < 4.78 is 12.1. The van der Waals surface area contributed by atoms with Crippen molar-refractivity contribution >= 4 is 0 Å². The quantitative estimate of drug-likeness (QED) is 0.267. The van der Waals surface area contributed by atoms with E-state index in [1.54, 1.807) is 0 Å². The van der Waals surface area contributed by atoms with Crippen LogP contribution in [0.15, 0.2) is 24.3 Å². The summed E-state index contributed by atoms with van der Waals surface area (Å²) >= 11 is 0. The van der Waals surface area contributed by atoms with Crippen molar-refractivity contribution in [1.29, 1.82) is 0 Å².